The third kappa shape index (κ3) is 1.71. The van der Waals surface area contributed by atoms with E-state index in [-0.39, 0.29) is 12.3 Å². The minimum atomic E-state index is -0.837. The minimum absolute atomic E-state index is 0.173. The third-order valence-electron chi connectivity index (χ3n) is 2.49. The summed E-state index contributed by atoms with van der Waals surface area (Å²) in [7, 11) is 0. The first kappa shape index (κ1) is 10.1. The van der Waals surface area contributed by atoms with E-state index in [9.17, 15) is 4.79 Å². The lowest BCUT2D eigenvalue weighted by Crippen LogP contribution is -2.20. The molecule has 0 aliphatic carbocycles. The zero-order chi connectivity index (χ0) is 10.8. The van der Waals surface area contributed by atoms with E-state index in [1.165, 1.54) is 11.8 Å². The van der Waals surface area contributed by atoms with Crippen LogP contribution in [0.5, 0.6) is 0 Å². The molecule has 15 heavy (non-hydrogen) atoms. The van der Waals surface area contributed by atoms with E-state index < -0.39 is 11.2 Å². The number of thioether (sulfide) groups is 1. The van der Waals surface area contributed by atoms with Crippen LogP contribution in [-0.4, -0.2) is 16.3 Å². The maximum atomic E-state index is 11.0. The Morgan fingerprint density at radius 1 is 1.53 bits per heavy atom. The number of aliphatic carboxylic acids is 1. The van der Waals surface area contributed by atoms with Crippen LogP contribution in [0.4, 0.5) is 0 Å². The van der Waals surface area contributed by atoms with Crippen molar-refractivity contribution in [3.05, 3.63) is 29.8 Å². The molecule has 2 atom stereocenters. The van der Waals surface area contributed by atoms with Gasteiger partial charge in [0.1, 0.15) is 5.25 Å². The summed E-state index contributed by atoms with van der Waals surface area (Å²) in [5.41, 5.74) is 0.997. The van der Waals surface area contributed by atoms with E-state index in [2.05, 4.69) is 6.07 Å². The first-order valence-electron chi connectivity index (χ1n) is 4.59. The van der Waals surface area contributed by atoms with E-state index in [0.29, 0.717) is 0 Å². The van der Waals surface area contributed by atoms with Gasteiger partial charge in [-0.15, -0.1) is 11.8 Å². The van der Waals surface area contributed by atoms with Gasteiger partial charge >= 0.3 is 5.97 Å². The van der Waals surface area contributed by atoms with Crippen LogP contribution >= 0.6 is 11.8 Å². The van der Waals surface area contributed by atoms with Crippen molar-refractivity contribution >= 4 is 17.7 Å². The molecule has 0 radical (unpaired) electrons. The quantitative estimate of drug-likeness (QED) is 0.828. The van der Waals surface area contributed by atoms with Crippen LogP contribution in [-0.2, 0) is 4.79 Å². The number of carbonyl (C=O) groups is 1. The molecule has 1 heterocycles. The molecule has 2 unspecified atom stereocenters. The third-order valence-corrected chi connectivity index (χ3v) is 3.90. The molecule has 0 bridgehead atoms. The fourth-order valence-corrected chi connectivity index (χ4v) is 3.11. The zero-order valence-electron chi connectivity index (χ0n) is 7.88. The van der Waals surface area contributed by atoms with Crippen molar-refractivity contribution in [2.45, 2.75) is 22.5 Å². The number of carboxylic acids is 1. The topological polar surface area (TPSA) is 61.1 Å². The molecular formula is C11H9NO2S. The second kappa shape index (κ2) is 3.95. The predicted octanol–water partition coefficient (Wildman–Crippen LogP) is 2.24. The lowest BCUT2D eigenvalue weighted by Gasteiger charge is -2.11. The summed E-state index contributed by atoms with van der Waals surface area (Å²) in [5.74, 6) is -1.01. The highest BCUT2D eigenvalue weighted by molar-refractivity contribution is 8.01. The molecule has 1 aromatic carbocycles. The summed E-state index contributed by atoms with van der Waals surface area (Å²) in [5, 5.41) is 17.2. The largest absolute Gasteiger partial charge is 0.480 e. The smallest absolute Gasteiger partial charge is 0.317 e. The Bertz CT molecular complexity index is 438. The highest BCUT2D eigenvalue weighted by atomic mass is 32.2. The summed E-state index contributed by atoms with van der Waals surface area (Å²) in [6.45, 7) is 0. The molecule has 0 fully saturated rings. The van der Waals surface area contributed by atoms with E-state index in [1.54, 1.807) is 0 Å². The Morgan fingerprint density at radius 3 is 2.93 bits per heavy atom. The Morgan fingerprint density at radius 2 is 2.27 bits per heavy atom. The number of carboxylic acid groups (broad SMARTS) is 1. The van der Waals surface area contributed by atoms with Crippen LogP contribution in [0, 0.1) is 11.3 Å². The lowest BCUT2D eigenvalue weighted by atomic mass is 9.93. The van der Waals surface area contributed by atoms with E-state index in [0.717, 1.165) is 10.5 Å². The minimum Gasteiger partial charge on any atom is -0.480 e. The first-order valence-corrected chi connectivity index (χ1v) is 5.47. The van der Waals surface area contributed by atoms with Gasteiger partial charge in [-0.3, -0.25) is 4.79 Å². The number of benzene rings is 1. The van der Waals surface area contributed by atoms with Crippen LogP contribution < -0.4 is 0 Å². The summed E-state index contributed by atoms with van der Waals surface area (Å²) in [6.07, 6.45) is 0.265. The Labute approximate surface area is 91.7 Å². The van der Waals surface area contributed by atoms with Crippen molar-refractivity contribution in [2.75, 3.05) is 0 Å². The van der Waals surface area contributed by atoms with Crippen LogP contribution in [0.1, 0.15) is 17.9 Å². The molecule has 2 rings (SSSR count). The van der Waals surface area contributed by atoms with Crippen LogP contribution in [0.25, 0.3) is 0 Å². The number of fused-ring (bicyclic) bond motifs is 1. The van der Waals surface area contributed by atoms with Crippen molar-refractivity contribution < 1.29 is 9.90 Å². The van der Waals surface area contributed by atoms with Gasteiger partial charge in [0.2, 0.25) is 0 Å². The molecule has 0 aromatic heterocycles. The molecule has 3 nitrogen and oxygen atoms in total. The highest BCUT2D eigenvalue weighted by Crippen LogP contribution is 2.46. The summed E-state index contributed by atoms with van der Waals surface area (Å²) < 4.78 is 0. The molecule has 1 aliphatic heterocycles. The molecule has 1 N–H and O–H groups in total. The van der Waals surface area contributed by atoms with Crippen molar-refractivity contribution in [3.63, 3.8) is 0 Å². The van der Waals surface area contributed by atoms with Crippen LogP contribution in [0.2, 0.25) is 0 Å². The molecule has 1 aromatic rings. The number of nitriles is 1. The second-order valence-electron chi connectivity index (χ2n) is 3.38. The zero-order valence-corrected chi connectivity index (χ0v) is 8.70. The molecular weight excluding hydrogens is 210 g/mol. The second-order valence-corrected chi connectivity index (χ2v) is 4.57. The SMILES string of the molecule is N#CCC1c2ccccc2SC1C(=O)O. The van der Waals surface area contributed by atoms with Gasteiger partial charge in [-0.25, -0.2) is 0 Å². The Hall–Kier alpha value is -1.47. The summed E-state index contributed by atoms with van der Waals surface area (Å²) in [6, 6.07) is 9.65. The molecule has 0 amide bonds. The number of hydrogen-bond acceptors (Lipinski definition) is 3. The highest BCUT2D eigenvalue weighted by Gasteiger charge is 2.37. The van der Waals surface area contributed by atoms with Gasteiger partial charge in [0.15, 0.2) is 0 Å². The number of hydrogen-bond donors (Lipinski definition) is 1. The number of nitrogens with zero attached hydrogens (tertiary/aromatic N) is 1. The molecule has 0 saturated carbocycles. The van der Waals surface area contributed by atoms with Crippen molar-refractivity contribution in [1.29, 1.82) is 5.26 Å². The van der Waals surface area contributed by atoms with Crippen LogP contribution in [0.3, 0.4) is 0 Å². The maximum Gasteiger partial charge on any atom is 0.317 e. The van der Waals surface area contributed by atoms with Gasteiger partial charge in [0.05, 0.1) is 6.07 Å². The van der Waals surface area contributed by atoms with Gasteiger partial charge in [-0.1, -0.05) is 18.2 Å². The molecule has 0 saturated heterocycles. The summed E-state index contributed by atoms with van der Waals surface area (Å²) >= 11 is 1.34. The molecule has 76 valence electrons. The van der Waals surface area contributed by atoms with Gasteiger partial charge < -0.3 is 5.11 Å². The van der Waals surface area contributed by atoms with E-state index in [1.807, 2.05) is 24.3 Å². The van der Waals surface area contributed by atoms with Crippen LogP contribution in [0.15, 0.2) is 29.2 Å². The van der Waals surface area contributed by atoms with Gasteiger partial charge in [-0.05, 0) is 11.6 Å². The molecule has 4 heteroatoms. The predicted molar refractivity (Wildman–Crippen MR) is 56.7 cm³/mol. The summed E-state index contributed by atoms with van der Waals surface area (Å²) in [4.78, 5) is 12.0. The Balaban J connectivity index is 2.38. The number of rotatable bonds is 2. The lowest BCUT2D eigenvalue weighted by molar-refractivity contribution is -0.136. The monoisotopic (exact) mass is 219 g/mol. The van der Waals surface area contributed by atoms with Gasteiger partial charge in [-0.2, -0.15) is 5.26 Å². The standard InChI is InChI=1S/C11H9NO2S/c12-6-5-8-7-3-1-2-4-9(7)15-10(8)11(13)14/h1-4,8,10H,5H2,(H,13,14). The van der Waals surface area contributed by atoms with Gasteiger partial charge in [0.25, 0.3) is 0 Å². The van der Waals surface area contributed by atoms with Crippen molar-refractivity contribution in [1.82, 2.24) is 0 Å². The Kier molecular flexibility index (Phi) is 2.65. The fraction of sp³-hybridized carbons (Fsp3) is 0.273. The maximum absolute atomic E-state index is 11.0. The van der Waals surface area contributed by atoms with E-state index >= 15 is 0 Å². The molecule has 0 spiro atoms. The fourth-order valence-electron chi connectivity index (χ4n) is 1.81. The average molecular weight is 219 g/mol. The van der Waals surface area contributed by atoms with Crippen molar-refractivity contribution in [2.24, 2.45) is 0 Å². The molecule has 1 aliphatic rings. The normalized spacial score (nSPS) is 23.1. The van der Waals surface area contributed by atoms with E-state index in [4.69, 9.17) is 10.4 Å². The first-order chi connectivity index (χ1) is 7.24. The van der Waals surface area contributed by atoms with Crippen molar-refractivity contribution in [3.8, 4) is 6.07 Å². The average Bonchev–Trinajstić information content (AvgIpc) is 2.58. The van der Waals surface area contributed by atoms with Gasteiger partial charge in [0, 0.05) is 17.2 Å².